The van der Waals surface area contributed by atoms with Crippen LogP contribution in [0.4, 0.5) is 0 Å². The topological polar surface area (TPSA) is 77.0 Å². The van der Waals surface area contributed by atoms with Crippen LogP contribution in [0.3, 0.4) is 0 Å². The van der Waals surface area contributed by atoms with Crippen LogP contribution in [-0.4, -0.2) is 25.7 Å². The van der Waals surface area contributed by atoms with E-state index in [0.29, 0.717) is 12.1 Å². The Labute approximate surface area is 157 Å². The number of nitrogens with zero attached hydrogens (tertiary/aromatic N) is 3. The number of nitrogens with two attached hydrogens (primary N) is 1. The van der Waals surface area contributed by atoms with Crippen molar-refractivity contribution in [1.29, 1.82) is 0 Å². The lowest BCUT2D eigenvalue weighted by molar-refractivity contribution is 0.177. The summed E-state index contributed by atoms with van der Waals surface area (Å²) >= 11 is 1.69. The van der Waals surface area contributed by atoms with Crippen LogP contribution in [0.15, 0.2) is 17.6 Å². The lowest BCUT2D eigenvalue weighted by atomic mass is 9.91. The zero-order valence-electron chi connectivity index (χ0n) is 13.4. The molecule has 5 nitrogen and oxygen atoms in total. The summed E-state index contributed by atoms with van der Waals surface area (Å²) in [6.07, 6.45) is 5.38. The van der Waals surface area contributed by atoms with Gasteiger partial charge >= 0.3 is 0 Å². The van der Waals surface area contributed by atoms with E-state index in [9.17, 15) is 5.11 Å². The van der Waals surface area contributed by atoms with Crippen molar-refractivity contribution in [2.24, 2.45) is 5.73 Å². The smallest absolute Gasteiger partial charge is 0.138 e. The summed E-state index contributed by atoms with van der Waals surface area (Å²) in [6.45, 7) is 1.78. The average molecular weight is 389 g/mol. The van der Waals surface area contributed by atoms with Gasteiger partial charge in [0.05, 0.1) is 21.9 Å². The zero-order chi connectivity index (χ0) is 15.3. The Morgan fingerprint density at radius 1 is 1.25 bits per heavy atom. The zero-order valence-corrected chi connectivity index (χ0v) is 15.8. The normalized spacial score (nSPS) is 22.1. The Hall–Kier alpha value is -0.920. The average Bonchev–Trinajstić information content (AvgIpc) is 3.11. The van der Waals surface area contributed by atoms with Gasteiger partial charge in [-0.1, -0.05) is 0 Å². The highest BCUT2D eigenvalue weighted by atomic mass is 35.5. The lowest BCUT2D eigenvalue weighted by Crippen LogP contribution is -2.28. The molecular formula is C16H22Cl2N4OS. The van der Waals surface area contributed by atoms with E-state index in [2.05, 4.69) is 19.9 Å². The summed E-state index contributed by atoms with van der Waals surface area (Å²) in [5, 5.41) is 12.2. The predicted molar refractivity (Wildman–Crippen MR) is 104 cm³/mol. The first-order chi connectivity index (χ1) is 10.6. The summed E-state index contributed by atoms with van der Waals surface area (Å²) in [4.78, 5) is 9.14. The number of hydrogen-bond acceptors (Lipinski definition) is 5. The van der Waals surface area contributed by atoms with Gasteiger partial charge in [-0.25, -0.2) is 4.98 Å². The molecule has 0 amide bonds. The molecule has 1 aliphatic carbocycles. The van der Waals surface area contributed by atoms with Crippen molar-refractivity contribution in [2.75, 3.05) is 0 Å². The van der Waals surface area contributed by atoms with Gasteiger partial charge in [0.25, 0.3) is 0 Å². The maximum Gasteiger partial charge on any atom is 0.138 e. The maximum absolute atomic E-state index is 10.2. The van der Waals surface area contributed by atoms with Crippen molar-refractivity contribution < 1.29 is 5.11 Å². The molecule has 0 aliphatic heterocycles. The lowest BCUT2D eigenvalue weighted by Gasteiger charge is -2.29. The molecule has 0 spiro atoms. The third-order valence-corrected chi connectivity index (χ3v) is 5.54. The molecule has 3 heterocycles. The van der Waals surface area contributed by atoms with E-state index >= 15 is 0 Å². The number of fused-ring (bicyclic) bond motifs is 3. The van der Waals surface area contributed by atoms with Gasteiger partial charge in [0.15, 0.2) is 0 Å². The van der Waals surface area contributed by atoms with Crippen molar-refractivity contribution in [2.45, 2.75) is 50.8 Å². The van der Waals surface area contributed by atoms with Crippen LogP contribution in [0.1, 0.15) is 50.6 Å². The maximum atomic E-state index is 10.2. The van der Waals surface area contributed by atoms with E-state index in [0.717, 1.165) is 52.8 Å². The minimum atomic E-state index is -0.585. The SMILES string of the molecule is C[C@@H](O)c1nc2cnc3ccsc3c2n1C1CCC(N)CC1.Cl.Cl. The van der Waals surface area contributed by atoms with E-state index in [-0.39, 0.29) is 24.8 Å². The number of thiophene rings is 1. The molecule has 4 rings (SSSR count). The number of hydrogen-bond donors (Lipinski definition) is 2. The molecule has 132 valence electrons. The van der Waals surface area contributed by atoms with Gasteiger partial charge < -0.3 is 15.4 Å². The van der Waals surface area contributed by atoms with Crippen LogP contribution in [-0.2, 0) is 0 Å². The van der Waals surface area contributed by atoms with Crippen molar-refractivity contribution >= 4 is 57.4 Å². The summed E-state index contributed by atoms with van der Waals surface area (Å²) in [5.74, 6) is 0.748. The Bertz CT molecular complexity index is 824. The van der Waals surface area contributed by atoms with Crippen molar-refractivity contribution in [3.63, 3.8) is 0 Å². The highest BCUT2D eigenvalue weighted by Crippen LogP contribution is 2.37. The number of aromatic nitrogens is 3. The van der Waals surface area contributed by atoms with Crippen LogP contribution < -0.4 is 5.73 Å². The fourth-order valence-electron chi connectivity index (χ4n) is 3.52. The quantitative estimate of drug-likeness (QED) is 0.695. The van der Waals surface area contributed by atoms with Gasteiger partial charge in [-0.2, -0.15) is 0 Å². The van der Waals surface area contributed by atoms with Crippen LogP contribution >= 0.6 is 36.2 Å². The highest BCUT2D eigenvalue weighted by molar-refractivity contribution is 7.18. The van der Waals surface area contributed by atoms with Crippen molar-refractivity contribution in [3.05, 3.63) is 23.5 Å². The summed E-state index contributed by atoms with van der Waals surface area (Å²) in [7, 11) is 0. The molecular weight excluding hydrogens is 367 g/mol. The minimum absolute atomic E-state index is 0. The second kappa shape index (κ2) is 7.54. The van der Waals surface area contributed by atoms with Crippen LogP contribution in [0.25, 0.3) is 21.3 Å². The Morgan fingerprint density at radius 3 is 2.62 bits per heavy atom. The Morgan fingerprint density at radius 2 is 1.96 bits per heavy atom. The molecule has 3 aromatic rings. The van der Waals surface area contributed by atoms with E-state index in [1.807, 2.05) is 12.3 Å². The first-order valence-corrected chi connectivity index (χ1v) is 8.71. The van der Waals surface area contributed by atoms with Crippen LogP contribution in [0.5, 0.6) is 0 Å². The molecule has 0 radical (unpaired) electrons. The summed E-state index contributed by atoms with van der Waals surface area (Å²) in [6, 6.07) is 2.71. The van der Waals surface area contributed by atoms with Crippen LogP contribution in [0.2, 0.25) is 0 Å². The molecule has 8 heteroatoms. The van der Waals surface area contributed by atoms with Gasteiger partial charge in [0, 0.05) is 12.1 Å². The molecule has 0 unspecified atom stereocenters. The Kier molecular flexibility index (Phi) is 6.09. The molecule has 3 N–H and O–H groups in total. The molecule has 1 saturated carbocycles. The van der Waals surface area contributed by atoms with E-state index < -0.39 is 6.10 Å². The predicted octanol–water partition coefficient (Wildman–Crippen LogP) is 3.99. The fraction of sp³-hybridized carbons (Fsp3) is 0.500. The molecule has 1 fully saturated rings. The second-order valence-corrected chi connectivity index (χ2v) is 7.13. The molecule has 3 aromatic heterocycles. The molecule has 0 bridgehead atoms. The molecule has 24 heavy (non-hydrogen) atoms. The van der Waals surface area contributed by atoms with Gasteiger partial charge in [0.2, 0.25) is 0 Å². The van der Waals surface area contributed by atoms with Gasteiger partial charge in [-0.05, 0) is 44.1 Å². The summed E-state index contributed by atoms with van der Waals surface area (Å²) < 4.78 is 3.42. The van der Waals surface area contributed by atoms with Crippen molar-refractivity contribution in [1.82, 2.24) is 14.5 Å². The number of pyridine rings is 1. The number of aliphatic hydroxyl groups is 1. The minimum Gasteiger partial charge on any atom is -0.385 e. The number of rotatable bonds is 2. The molecule has 0 aromatic carbocycles. The van der Waals surface area contributed by atoms with E-state index in [1.54, 1.807) is 18.3 Å². The monoisotopic (exact) mass is 388 g/mol. The number of halogens is 2. The van der Waals surface area contributed by atoms with Crippen molar-refractivity contribution in [3.8, 4) is 0 Å². The Balaban J connectivity index is 0.00000104. The summed E-state index contributed by atoms with van der Waals surface area (Å²) in [5.41, 5.74) is 9.05. The second-order valence-electron chi connectivity index (χ2n) is 6.21. The third-order valence-electron chi connectivity index (χ3n) is 4.63. The van der Waals surface area contributed by atoms with Gasteiger partial charge in [-0.15, -0.1) is 36.2 Å². The van der Waals surface area contributed by atoms with Gasteiger partial charge in [0.1, 0.15) is 17.4 Å². The molecule has 1 atom stereocenters. The standard InChI is InChI=1S/C16H20N4OS.2ClH/c1-9(21)16-19-13-8-18-12-6-7-22-15(12)14(13)20(16)11-4-2-10(17)3-5-11;;/h6-11,21H,2-5,17H2,1H3;2*1H/t9-,10?,11?;;/m1../s1. The van der Waals surface area contributed by atoms with Gasteiger partial charge in [-0.3, -0.25) is 4.98 Å². The molecule has 1 aliphatic rings. The van der Waals surface area contributed by atoms with E-state index in [1.165, 1.54) is 0 Å². The first kappa shape index (κ1) is 19.4. The van der Waals surface area contributed by atoms with Crippen LogP contribution in [0, 0.1) is 0 Å². The number of imidazole rings is 1. The molecule has 0 saturated heterocycles. The third kappa shape index (κ3) is 3.13. The fourth-order valence-corrected chi connectivity index (χ4v) is 4.41. The number of aliphatic hydroxyl groups excluding tert-OH is 1. The highest BCUT2D eigenvalue weighted by Gasteiger charge is 2.27. The first-order valence-electron chi connectivity index (χ1n) is 7.83. The van der Waals surface area contributed by atoms with E-state index in [4.69, 9.17) is 5.73 Å². The largest absolute Gasteiger partial charge is 0.385 e.